The summed E-state index contributed by atoms with van der Waals surface area (Å²) in [5.41, 5.74) is 2.36. The van der Waals surface area contributed by atoms with Crippen LogP contribution in [0, 0.1) is 11.6 Å². The van der Waals surface area contributed by atoms with Gasteiger partial charge in [0.05, 0.1) is 6.54 Å². The molecule has 4 rings (SSSR count). The molecule has 0 unspecified atom stereocenters. The van der Waals surface area contributed by atoms with Gasteiger partial charge in [0.25, 0.3) is 0 Å². The van der Waals surface area contributed by atoms with E-state index in [9.17, 15) is 8.78 Å². The van der Waals surface area contributed by atoms with Crippen molar-refractivity contribution in [2.24, 2.45) is 0 Å². The zero-order chi connectivity index (χ0) is 18.8. The van der Waals surface area contributed by atoms with Gasteiger partial charge in [0.1, 0.15) is 23.0 Å². The van der Waals surface area contributed by atoms with Crippen LogP contribution in [-0.4, -0.2) is 25.0 Å². The molecule has 0 saturated heterocycles. The average Bonchev–Trinajstić information content (AvgIpc) is 3.07. The van der Waals surface area contributed by atoms with Gasteiger partial charge in [-0.1, -0.05) is 46.8 Å². The highest BCUT2D eigenvalue weighted by Crippen LogP contribution is 2.30. The van der Waals surface area contributed by atoms with Crippen molar-refractivity contribution in [1.29, 1.82) is 0 Å². The summed E-state index contributed by atoms with van der Waals surface area (Å²) in [5, 5.41) is 9.23. The van der Waals surface area contributed by atoms with Gasteiger partial charge in [0.15, 0.2) is 11.2 Å². The first-order chi connectivity index (χ1) is 13.1. The van der Waals surface area contributed by atoms with Crippen molar-refractivity contribution >= 4 is 34.5 Å². The van der Waals surface area contributed by atoms with E-state index in [4.69, 9.17) is 11.6 Å². The molecule has 0 N–H and O–H groups in total. The minimum absolute atomic E-state index is 0.296. The van der Waals surface area contributed by atoms with E-state index in [1.807, 2.05) is 0 Å². The first kappa shape index (κ1) is 17.8. The molecule has 2 aromatic heterocycles. The molecule has 4 aromatic rings. The monoisotopic (exact) mass is 403 g/mol. The van der Waals surface area contributed by atoms with Crippen LogP contribution in [0.2, 0.25) is 5.02 Å². The maximum absolute atomic E-state index is 14.0. The van der Waals surface area contributed by atoms with Crippen molar-refractivity contribution in [1.82, 2.24) is 25.0 Å². The van der Waals surface area contributed by atoms with Gasteiger partial charge in [0.2, 0.25) is 0 Å². The van der Waals surface area contributed by atoms with Crippen LogP contribution in [0.4, 0.5) is 8.78 Å². The Morgan fingerprint density at radius 2 is 1.85 bits per heavy atom. The largest absolute Gasteiger partial charge is 0.227 e. The Balaban J connectivity index is 1.59. The number of rotatable bonds is 5. The van der Waals surface area contributed by atoms with E-state index in [1.165, 1.54) is 36.3 Å². The number of fused-ring (bicyclic) bond motifs is 1. The van der Waals surface area contributed by atoms with E-state index >= 15 is 0 Å². The molecule has 0 saturated carbocycles. The van der Waals surface area contributed by atoms with Crippen molar-refractivity contribution in [3.63, 3.8) is 0 Å². The van der Waals surface area contributed by atoms with Gasteiger partial charge in [-0.25, -0.2) is 23.4 Å². The molecule has 0 atom stereocenters. The predicted molar refractivity (Wildman–Crippen MR) is 99.6 cm³/mol. The maximum atomic E-state index is 14.0. The van der Waals surface area contributed by atoms with Gasteiger partial charge in [-0.05, 0) is 29.8 Å². The van der Waals surface area contributed by atoms with Gasteiger partial charge in [-0.3, -0.25) is 0 Å². The van der Waals surface area contributed by atoms with Crippen LogP contribution < -0.4 is 0 Å². The molecule has 5 nitrogen and oxygen atoms in total. The van der Waals surface area contributed by atoms with Gasteiger partial charge < -0.3 is 0 Å². The molecule has 0 radical (unpaired) electrons. The van der Waals surface area contributed by atoms with Gasteiger partial charge in [-0.2, -0.15) is 0 Å². The summed E-state index contributed by atoms with van der Waals surface area (Å²) < 4.78 is 28.6. The topological polar surface area (TPSA) is 56.5 Å². The number of aromatic nitrogens is 5. The van der Waals surface area contributed by atoms with Crippen LogP contribution >= 0.6 is 23.4 Å². The molecule has 0 aliphatic carbocycles. The molecule has 27 heavy (non-hydrogen) atoms. The van der Waals surface area contributed by atoms with Crippen LogP contribution in [-0.2, 0) is 12.3 Å². The third-order valence-corrected chi connectivity index (χ3v) is 5.29. The van der Waals surface area contributed by atoms with Crippen LogP contribution in [0.15, 0.2) is 53.8 Å². The summed E-state index contributed by atoms with van der Waals surface area (Å²) in [7, 11) is 0. The highest BCUT2D eigenvalue weighted by Gasteiger charge is 2.14. The average molecular weight is 404 g/mol. The van der Waals surface area contributed by atoms with Gasteiger partial charge in [-0.15, -0.1) is 5.10 Å². The van der Waals surface area contributed by atoms with Crippen molar-refractivity contribution < 1.29 is 8.78 Å². The molecule has 9 heteroatoms. The maximum Gasteiger partial charge on any atom is 0.183 e. The fraction of sp³-hybridized carbons (Fsp3) is 0.111. The second-order valence-corrected chi connectivity index (χ2v) is 7.08. The van der Waals surface area contributed by atoms with Crippen LogP contribution in [0.5, 0.6) is 0 Å². The number of halogens is 3. The SMILES string of the molecule is Fc1ccc(Cn2nnc3c(SCc4c(F)cccc4Cl)ncnc32)cc1. The molecule has 2 heterocycles. The fourth-order valence-electron chi connectivity index (χ4n) is 2.56. The first-order valence-electron chi connectivity index (χ1n) is 7.96. The Morgan fingerprint density at radius 1 is 1.04 bits per heavy atom. The molecular weight excluding hydrogens is 392 g/mol. The van der Waals surface area contributed by atoms with Crippen molar-refractivity contribution in [2.75, 3.05) is 0 Å². The Kier molecular flexibility index (Phi) is 5.00. The highest BCUT2D eigenvalue weighted by molar-refractivity contribution is 7.98. The minimum atomic E-state index is -0.361. The minimum Gasteiger partial charge on any atom is -0.227 e. The Hall–Kier alpha value is -2.58. The van der Waals surface area contributed by atoms with Crippen LogP contribution in [0.3, 0.4) is 0 Å². The highest BCUT2D eigenvalue weighted by atomic mass is 35.5. The molecule has 2 aromatic carbocycles. The fourth-order valence-corrected chi connectivity index (χ4v) is 3.83. The summed E-state index contributed by atoms with van der Waals surface area (Å²) in [6, 6.07) is 10.7. The van der Waals surface area contributed by atoms with Crippen molar-refractivity contribution in [3.05, 3.63) is 76.6 Å². The molecule has 0 bridgehead atoms. The van der Waals surface area contributed by atoms with E-state index in [-0.39, 0.29) is 11.6 Å². The molecule has 0 aliphatic heterocycles. The van der Waals surface area contributed by atoms with E-state index in [1.54, 1.807) is 28.9 Å². The summed E-state index contributed by atoms with van der Waals surface area (Å²) in [6.45, 7) is 0.400. The number of benzene rings is 2. The Morgan fingerprint density at radius 3 is 2.63 bits per heavy atom. The van der Waals surface area contributed by atoms with Gasteiger partial charge >= 0.3 is 0 Å². The van der Waals surface area contributed by atoms with E-state index < -0.39 is 0 Å². The lowest BCUT2D eigenvalue weighted by Crippen LogP contribution is -2.03. The third kappa shape index (κ3) is 3.77. The zero-order valence-corrected chi connectivity index (χ0v) is 15.4. The zero-order valence-electron chi connectivity index (χ0n) is 13.8. The first-order valence-corrected chi connectivity index (χ1v) is 9.32. The van der Waals surface area contributed by atoms with E-state index in [0.29, 0.717) is 39.1 Å². The lowest BCUT2D eigenvalue weighted by atomic mass is 10.2. The van der Waals surface area contributed by atoms with E-state index in [0.717, 1.165) is 5.56 Å². The molecule has 136 valence electrons. The smallest absolute Gasteiger partial charge is 0.183 e. The summed E-state index contributed by atoms with van der Waals surface area (Å²) >= 11 is 7.39. The predicted octanol–water partition coefficient (Wildman–Crippen LogP) is 4.49. The number of nitrogens with zero attached hydrogens (tertiary/aromatic N) is 5. The van der Waals surface area contributed by atoms with Crippen molar-refractivity contribution in [2.45, 2.75) is 17.3 Å². The van der Waals surface area contributed by atoms with Crippen LogP contribution in [0.1, 0.15) is 11.1 Å². The second-order valence-electron chi connectivity index (χ2n) is 5.71. The number of thioether (sulfide) groups is 1. The van der Waals surface area contributed by atoms with Gasteiger partial charge in [0, 0.05) is 16.3 Å². The lowest BCUT2D eigenvalue weighted by Gasteiger charge is -2.06. The summed E-state index contributed by atoms with van der Waals surface area (Å²) in [6.07, 6.45) is 1.41. The lowest BCUT2D eigenvalue weighted by molar-refractivity contribution is 0.617. The quantitative estimate of drug-likeness (QED) is 0.363. The Labute approximate surface area is 162 Å². The molecule has 0 fully saturated rings. The van der Waals surface area contributed by atoms with E-state index in [2.05, 4.69) is 20.3 Å². The standard InChI is InChI=1S/C18H12ClF2N5S/c19-14-2-1-3-15(21)13(14)9-27-18-16-17(22-10-23-18)26(25-24-16)8-11-4-6-12(20)7-5-11/h1-7,10H,8-9H2. The molecular formula is C18H12ClF2N5S. The summed E-state index contributed by atoms with van der Waals surface area (Å²) in [4.78, 5) is 8.48. The molecule has 0 amide bonds. The normalized spacial score (nSPS) is 11.2. The van der Waals surface area contributed by atoms with Crippen molar-refractivity contribution in [3.8, 4) is 0 Å². The number of hydrogen-bond acceptors (Lipinski definition) is 5. The van der Waals surface area contributed by atoms with Crippen LogP contribution in [0.25, 0.3) is 11.2 Å². The Bertz CT molecular complexity index is 1080. The third-order valence-electron chi connectivity index (χ3n) is 3.93. The number of hydrogen-bond donors (Lipinski definition) is 0. The second kappa shape index (κ2) is 7.58. The molecule has 0 spiro atoms. The summed E-state index contributed by atoms with van der Waals surface area (Å²) in [5.74, 6) is -0.349. The molecule has 0 aliphatic rings.